The van der Waals surface area contributed by atoms with Crippen molar-refractivity contribution in [3.63, 3.8) is 0 Å². The molecule has 1 aromatic heterocycles. The zero-order valence-corrected chi connectivity index (χ0v) is 21.3. The highest BCUT2D eigenvalue weighted by Crippen LogP contribution is 2.35. The number of carbonyl (C=O) groups is 2. The number of nitrogens with zero attached hydrogens (tertiary/aromatic N) is 1. The minimum atomic E-state index is -0.763. The molecule has 1 atom stereocenters. The Kier molecular flexibility index (Phi) is 7.16. The summed E-state index contributed by atoms with van der Waals surface area (Å²) >= 11 is 7.67. The SMILES string of the molecule is C[C@H](Oc1cccc2ccccc12)C(=O)N/N=C\c1cccc(OC(=O)c2sc3ccccc3c2Cl)c1. The van der Waals surface area contributed by atoms with E-state index in [-0.39, 0.29) is 0 Å². The summed E-state index contributed by atoms with van der Waals surface area (Å²) in [6, 6.07) is 27.8. The fourth-order valence-electron chi connectivity index (χ4n) is 3.76. The van der Waals surface area contributed by atoms with E-state index in [9.17, 15) is 9.59 Å². The van der Waals surface area contributed by atoms with Gasteiger partial charge < -0.3 is 9.47 Å². The van der Waals surface area contributed by atoms with Crippen LogP contribution in [-0.2, 0) is 4.79 Å². The van der Waals surface area contributed by atoms with Crippen LogP contribution in [0, 0.1) is 0 Å². The van der Waals surface area contributed by atoms with Crippen LogP contribution in [0.4, 0.5) is 0 Å². The number of carbonyl (C=O) groups excluding carboxylic acids is 2. The van der Waals surface area contributed by atoms with Crippen LogP contribution in [-0.4, -0.2) is 24.2 Å². The number of thiophene rings is 1. The number of ether oxygens (including phenoxy) is 2. The highest BCUT2D eigenvalue weighted by molar-refractivity contribution is 7.21. The summed E-state index contributed by atoms with van der Waals surface area (Å²) in [6.07, 6.45) is 0.702. The largest absolute Gasteiger partial charge is 0.480 e. The number of hydrogen-bond acceptors (Lipinski definition) is 6. The molecule has 0 bridgehead atoms. The van der Waals surface area contributed by atoms with Crippen molar-refractivity contribution in [2.75, 3.05) is 0 Å². The molecule has 0 saturated heterocycles. The molecule has 8 heteroatoms. The Morgan fingerprint density at radius 3 is 2.51 bits per heavy atom. The number of halogens is 1. The third-order valence-electron chi connectivity index (χ3n) is 5.60. The van der Waals surface area contributed by atoms with Gasteiger partial charge >= 0.3 is 5.97 Å². The van der Waals surface area contributed by atoms with Crippen molar-refractivity contribution in [2.45, 2.75) is 13.0 Å². The first-order valence-electron chi connectivity index (χ1n) is 11.5. The van der Waals surface area contributed by atoms with Crippen molar-refractivity contribution in [1.29, 1.82) is 0 Å². The van der Waals surface area contributed by atoms with Crippen LogP contribution in [0.3, 0.4) is 0 Å². The number of esters is 1. The molecule has 0 aliphatic carbocycles. The third-order valence-corrected chi connectivity index (χ3v) is 7.26. The maximum Gasteiger partial charge on any atom is 0.355 e. The minimum Gasteiger partial charge on any atom is -0.480 e. The van der Waals surface area contributed by atoms with Crippen LogP contribution in [0.2, 0.25) is 5.02 Å². The van der Waals surface area contributed by atoms with Gasteiger partial charge in [0.2, 0.25) is 0 Å². The molecule has 1 amide bonds. The first-order chi connectivity index (χ1) is 18.0. The molecule has 5 rings (SSSR count). The average Bonchev–Trinajstić information content (AvgIpc) is 3.25. The van der Waals surface area contributed by atoms with E-state index < -0.39 is 18.0 Å². The Bertz CT molecular complexity index is 1640. The van der Waals surface area contributed by atoms with Gasteiger partial charge in [0.1, 0.15) is 16.4 Å². The van der Waals surface area contributed by atoms with Gasteiger partial charge in [0.15, 0.2) is 6.10 Å². The number of rotatable bonds is 7. The molecule has 0 spiro atoms. The molecular weight excluding hydrogens is 508 g/mol. The first kappa shape index (κ1) is 24.5. The summed E-state index contributed by atoms with van der Waals surface area (Å²) in [7, 11) is 0. The summed E-state index contributed by atoms with van der Waals surface area (Å²) in [5, 5.41) is 7.18. The molecule has 184 valence electrons. The van der Waals surface area contributed by atoms with Gasteiger partial charge in [-0.05, 0) is 42.1 Å². The molecule has 0 unspecified atom stereocenters. The zero-order chi connectivity index (χ0) is 25.8. The molecule has 6 nitrogen and oxygen atoms in total. The lowest BCUT2D eigenvalue weighted by atomic mass is 10.1. The first-order valence-corrected chi connectivity index (χ1v) is 12.7. The Hall–Kier alpha value is -4.20. The lowest BCUT2D eigenvalue weighted by Crippen LogP contribution is -2.33. The van der Waals surface area contributed by atoms with E-state index in [0.29, 0.717) is 27.0 Å². The molecule has 1 N–H and O–H groups in total. The van der Waals surface area contributed by atoms with Crippen molar-refractivity contribution in [1.82, 2.24) is 5.43 Å². The van der Waals surface area contributed by atoms with Crippen molar-refractivity contribution in [3.8, 4) is 11.5 Å². The quantitative estimate of drug-likeness (QED) is 0.108. The lowest BCUT2D eigenvalue weighted by molar-refractivity contribution is -0.127. The molecular formula is C29H21ClN2O4S. The smallest absolute Gasteiger partial charge is 0.355 e. The molecule has 0 aliphatic rings. The summed E-state index contributed by atoms with van der Waals surface area (Å²) in [5.74, 6) is 0.0265. The maximum absolute atomic E-state index is 12.7. The van der Waals surface area contributed by atoms with Gasteiger partial charge in [-0.3, -0.25) is 4.79 Å². The monoisotopic (exact) mass is 528 g/mol. The van der Waals surface area contributed by atoms with E-state index in [4.69, 9.17) is 21.1 Å². The zero-order valence-electron chi connectivity index (χ0n) is 19.7. The number of nitrogens with one attached hydrogen (secondary N) is 1. The van der Waals surface area contributed by atoms with Gasteiger partial charge in [0.05, 0.1) is 11.2 Å². The van der Waals surface area contributed by atoms with E-state index in [1.165, 1.54) is 17.6 Å². The predicted molar refractivity (Wildman–Crippen MR) is 148 cm³/mol. The predicted octanol–water partition coefficient (Wildman–Crippen LogP) is 6.84. The summed E-state index contributed by atoms with van der Waals surface area (Å²) in [5.41, 5.74) is 3.12. The standard InChI is InChI=1S/C29H21ClN2O4S/c1-18(35-24-14-7-10-20-9-2-3-12-22(20)24)28(33)32-31-17-19-8-6-11-21(16-19)36-29(34)27-26(30)23-13-4-5-15-25(23)37-27/h2-18H,1H3,(H,32,33)/b31-17-/t18-/m0/s1. The molecule has 4 aromatic carbocycles. The Labute approximate surface area is 222 Å². The fourth-order valence-corrected chi connectivity index (χ4v) is 5.15. The Morgan fingerprint density at radius 2 is 1.68 bits per heavy atom. The molecule has 5 aromatic rings. The summed E-state index contributed by atoms with van der Waals surface area (Å²) in [4.78, 5) is 25.6. The number of benzene rings is 4. The summed E-state index contributed by atoms with van der Waals surface area (Å²) in [6.45, 7) is 1.66. The second-order valence-electron chi connectivity index (χ2n) is 8.17. The highest BCUT2D eigenvalue weighted by atomic mass is 35.5. The molecule has 0 fully saturated rings. The van der Waals surface area contributed by atoms with Crippen LogP contribution in [0.15, 0.2) is 96.1 Å². The van der Waals surface area contributed by atoms with E-state index in [1.54, 1.807) is 31.2 Å². The van der Waals surface area contributed by atoms with Crippen LogP contribution in [0.5, 0.6) is 11.5 Å². The van der Waals surface area contributed by atoms with Crippen LogP contribution in [0.25, 0.3) is 20.9 Å². The number of fused-ring (bicyclic) bond motifs is 2. The van der Waals surface area contributed by atoms with Gasteiger partial charge in [-0.2, -0.15) is 5.10 Å². The second-order valence-corrected chi connectivity index (χ2v) is 9.61. The van der Waals surface area contributed by atoms with Gasteiger partial charge in [0, 0.05) is 15.5 Å². The molecule has 0 saturated carbocycles. The van der Waals surface area contributed by atoms with Gasteiger partial charge in [-0.25, -0.2) is 10.2 Å². The summed E-state index contributed by atoms with van der Waals surface area (Å²) < 4.78 is 12.3. The van der Waals surface area contributed by atoms with E-state index in [2.05, 4.69) is 10.5 Å². The maximum atomic E-state index is 12.7. The molecule has 37 heavy (non-hydrogen) atoms. The van der Waals surface area contributed by atoms with Gasteiger partial charge in [-0.15, -0.1) is 11.3 Å². The molecule has 0 aliphatic heterocycles. The van der Waals surface area contributed by atoms with Gasteiger partial charge in [-0.1, -0.05) is 78.3 Å². The average molecular weight is 529 g/mol. The Morgan fingerprint density at radius 1 is 0.946 bits per heavy atom. The topological polar surface area (TPSA) is 77.0 Å². The molecule has 0 radical (unpaired) electrons. The number of hydrogen-bond donors (Lipinski definition) is 1. The van der Waals surface area contributed by atoms with E-state index >= 15 is 0 Å². The van der Waals surface area contributed by atoms with Gasteiger partial charge in [0.25, 0.3) is 5.91 Å². The lowest BCUT2D eigenvalue weighted by Gasteiger charge is -2.14. The number of amides is 1. The van der Waals surface area contributed by atoms with Crippen molar-refractivity contribution in [3.05, 3.63) is 106 Å². The second kappa shape index (κ2) is 10.8. The minimum absolute atomic E-state index is 0.335. The Balaban J connectivity index is 1.21. The highest BCUT2D eigenvalue weighted by Gasteiger charge is 2.19. The fraction of sp³-hybridized carbons (Fsp3) is 0.0690. The van der Waals surface area contributed by atoms with Crippen molar-refractivity contribution in [2.24, 2.45) is 5.10 Å². The van der Waals surface area contributed by atoms with Crippen molar-refractivity contribution < 1.29 is 19.1 Å². The molecule has 1 heterocycles. The third kappa shape index (κ3) is 5.48. The van der Waals surface area contributed by atoms with Crippen LogP contribution < -0.4 is 14.9 Å². The van der Waals surface area contributed by atoms with Crippen LogP contribution in [0.1, 0.15) is 22.2 Å². The van der Waals surface area contributed by atoms with Crippen LogP contribution >= 0.6 is 22.9 Å². The normalized spacial score (nSPS) is 12.1. The van der Waals surface area contributed by atoms with E-state index in [0.717, 1.165) is 20.9 Å². The number of hydrazone groups is 1. The van der Waals surface area contributed by atoms with E-state index in [1.807, 2.05) is 66.7 Å². The van der Waals surface area contributed by atoms with Crippen molar-refractivity contribution >= 4 is 61.9 Å².